The Hall–Kier alpha value is -1.78. The maximum atomic E-state index is 13.3. The van der Waals surface area contributed by atoms with Gasteiger partial charge in [-0.2, -0.15) is 4.31 Å². The summed E-state index contributed by atoms with van der Waals surface area (Å²) in [6.45, 7) is 3.48. The number of hydrogen-bond donors (Lipinski definition) is 4. The van der Waals surface area contributed by atoms with E-state index in [0.717, 1.165) is 9.87 Å². The second-order valence-electron chi connectivity index (χ2n) is 7.77. The van der Waals surface area contributed by atoms with Crippen molar-refractivity contribution >= 4 is 23.5 Å². The van der Waals surface area contributed by atoms with E-state index in [4.69, 9.17) is 16.0 Å². The van der Waals surface area contributed by atoms with Crippen LogP contribution in [0.1, 0.15) is 19.4 Å². The summed E-state index contributed by atoms with van der Waals surface area (Å²) in [5.74, 6) is -0.0513. The highest BCUT2D eigenvalue weighted by atomic mass is 32.2. The molecule has 2 rings (SSSR count). The molecule has 2 atom stereocenters. The van der Waals surface area contributed by atoms with Gasteiger partial charge in [0.2, 0.25) is 10.0 Å². The van der Waals surface area contributed by atoms with Crippen molar-refractivity contribution in [2.75, 3.05) is 18.8 Å². The Kier molecular flexibility index (Phi) is 8.79. The van der Waals surface area contributed by atoms with Crippen LogP contribution in [0.4, 0.5) is 5.69 Å². The highest BCUT2D eigenvalue weighted by Crippen LogP contribution is 2.39. The van der Waals surface area contributed by atoms with Gasteiger partial charge >= 0.3 is 7.82 Å². The van der Waals surface area contributed by atoms with E-state index >= 15 is 0 Å². The molecule has 0 aliphatic carbocycles. The molecule has 0 heterocycles. The van der Waals surface area contributed by atoms with Crippen LogP contribution in [0.25, 0.3) is 0 Å². The Morgan fingerprint density at radius 1 is 1.03 bits per heavy atom. The Bertz CT molecular complexity index is 980. The number of benzene rings is 2. The average molecular weight is 472 g/mol. The van der Waals surface area contributed by atoms with Crippen LogP contribution in [0, 0.1) is 5.92 Å². The predicted octanol–water partition coefficient (Wildman–Crippen LogP) is 1.96. The molecule has 6 N–H and O–H groups in total. The molecule has 2 aromatic carbocycles. The van der Waals surface area contributed by atoms with Gasteiger partial charge in [0.15, 0.2) is 0 Å². The molecule has 0 saturated carbocycles. The summed E-state index contributed by atoms with van der Waals surface area (Å²) in [6, 6.07) is 14.0. The topological polar surface area (TPSA) is 156 Å². The normalized spacial score (nSPS) is 14.7. The van der Waals surface area contributed by atoms with Gasteiger partial charge in [-0.25, -0.2) is 13.0 Å². The molecule has 0 radical (unpaired) electrons. The molecule has 0 spiro atoms. The first kappa shape index (κ1) is 25.5. The third-order valence-corrected chi connectivity index (χ3v) is 6.93. The summed E-state index contributed by atoms with van der Waals surface area (Å²) >= 11 is 0. The molecule has 0 aliphatic rings. The van der Waals surface area contributed by atoms with E-state index in [2.05, 4.69) is 0 Å². The molecule has 0 amide bonds. The molecule has 2 aromatic rings. The Balaban J connectivity index is 2.35. The molecular weight excluding hydrogens is 441 g/mol. The summed E-state index contributed by atoms with van der Waals surface area (Å²) in [6.07, 6.45) is -0.980. The summed E-state index contributed by atoms with van der Waals surface area (Å²) in [5.41, 5.74) is 13.1. The third-order valence-electron chi connectivity index (χ3n) is 4.53. The molecule has 0 saturated heterocycles. The van der Waals surface area contributed by atoms with Gasteiger partial charge in [-0.15, -0.1) is 0 Å². The van der Waals surface area contributed by atoms with Crippen LogP contribution in [0.5, 0.6) is 0 Å². The maximum Gasteiger partial charge on any atom is 0.469 e. The van der Waals surface area contributed by atoms with Gasteiger partial charge in [-0.05, 0) is 42.2 Å². The van der Waals surface area contributed by atoms with Gasteiger partial charge in [0.25, 0.3) is 0 Å². The first-order valence-corrected chi connectivity index (χ1v) is 12.7. The molecular formula is C20H30N3O6PS. The smallest absolute Gasteiger partial charge is 0.399 e. The standard InChI is InChI=1S/C20H30N3O6PS/c1-15(2)13-23(31(27,28)18-10-8-17(21)9-11-18)14-20(29-30(24,25)26)19(22)12-16-6-4-3-5-7-16/h3-11,15,19-20H,12-14,21-22H2,1-2H3,(H2,24,25,26)/t19-,20+/m0/s1. The van der Waals surface area contributed by atoms with Crippen molar-refractivity contribution in [3.8, 4) is 0 Å². The summed E-state index contributed by atoms with van der Waals surface area (Å²) in [7, 11) is -8.90. The number of nitrogens with two attached hydrogens (primary N) is 2. The Morgan fingerprint density at radius 3 is 2.13 bits per heavy atom. The number of anilines is 1. The lowest BCUT2D eigenvalue weighted by molar-refractivity contribution is 0.0948. The fraction of sp³-hybridized carbons (Fsp3) is 0.400. The van der Waals surface area contributed by atoms with Crippen LogP contribution < -0.4 is 11.5 Å². The highest BCUT2D eigenvalue weighted by Gasteiger charge is 2.34. The van der Waals surface area contributed by atoms with E-state index in [1.165, 1.54) is 24.3 Å². The quantitative estimate of drug-likeness (QED) is 0.286. The van der Waals surface area contributed by atoms with E-state index in [1.807, 2.05) is 44.2 Å². The molecule has 172 valence electrons. The molecule has 0 bridgehead atoms. The summed E-state index contributed by atoms with van der Waals surface area (Å²) in [4.78, 5) is 18.8. The minimum Gasteiger partial charge on any atom is -0.399 e. The van der Waals surface area contributed by atoms with Crippen molar-refractivity contribution in [2.45, 2.75) is 37.3 Å². The van der Waals surface area contributed by atoms with Crippen molar-refractivity contribution in [3.05, 3.63) is 60.2 Å². The highest BCUT2D eigenvalue weighted by molar-refractivity contribution is 7.89. The van der Waals surface area contributed by atoms with Crippen LogP contribution in [0.2, 0.25) is 0 Å². The number of nitrogen functional groups attached to an aromatic ring is 1. The lowest BCUT2D eigenvalue weighted by atomic mass is 10.0. The second-order valence-corrected chi connectivity index (χ2v) is 10.9. The van der Waals surface area contributed by atoms with Gasteiger partial charge in [0.1, 0.15) is 0 Å². The SMILES string of the molecule is CC(C)CN(C[C@@H](OP(=O)(O)O)[C@@H](N)Cc1ccccc1)S(=O)(=O)c1ccc(N)cc1. The summed E-state index contributed by atoms with van der Waals surface area (Å²) in [5, 5.41) is 0. The van der Waals surface area contributed by atoms with Gasteiger partial charge < -0.3 is 21.3 Å². The van der Waals surface area contributed by atoms with Crippen molar-refractivity contribution < 1.29 is 27.3 Å². The van der Waals surface area contributed by atoms with Crippen molar-refractivity contribution in [3.63, 3.8) is 0 Å². The molecule has 11 heteroatoms. The largest absolute Gasteiger partial charge is 0.469 e. The van der Waals surface area contributed by atoms with Gasteiger partial charge in [-0.1, -0.05) is 44.2 Å². The predicted molar refractivity (Wildman–Crippen MR) is 119 cm³/mol. The van der Waals surface area contributed by atoms with E-state index < -0.39 is 30.0 Å². The Morgan fingerprint density at radius 2 is 1.61 bits per heavy atom. The van der Waals surface area contributed by atoms with Crippen LogP contribution in [-0.4, -0.2) is 47.7 Å². The number of nitrogens with zero attached hydrogens (tertiary/aromatic N) is 1. The van der Waals surface area contributed by atoms with Crippen molar-refractivity contribution in [2.24, 2.45) is 11.7 Å². The van der Waals surface area contributed by atoms with Gasteiger partial charge in [0.05, 0.1) is 11.0 Å². The summed E-state index contributed by atoms with van der Waals surface area (Å²) < 4.78 is 44.2. The van der Waals surface area contributed by atoms with Crippen LogP contribution in [0.15, 0.2) is 59.5 Å². The molecule has 0 unspecified atom stereocenters. The van der Waals surface area contributed by atoms with E-state index in [0.29, 0.717) is 5.69 Å². The van der Waals surface area contributed by atoms with Crippen molar-refractivity contribution in [1.82, 2.24) is 4.31 Å². The minimum atomic E-state index is -4.92. The zero-order valence-electron chi connectivity index (χ0n) is 17.5. The molecule has 31 heavy (non-hydrogen) atoms. The van der Waals surface area contributed by atoms with Crippen LogP contribution in [-0.2, 0) is 25.5 Å². The number of sulfonamides is 1. The fourth-order valence-electron chi connectivity index (χ4n) is 3.11. The monoisotopic (exact) mass is 471 g/mol. The zero-order valence-corrected chi connectivity index (χ0v) is 19.2. The molecule has 9 nitrogen and oxygen atoms in total. The first-order valence-electron chi connectivity index (χ1n) is 9.77. The minimum absolute atomic E-state index is 0.0221. The van der Waals surface area contributed by atoms with Crippen LogP contribution in [0.3, 0.4) is 0 Å². The molecule has 0 aliphatic heterocycles. The number of hydrogen-bond acceptors (Lipinski definition) is 6. The first-order chi connectivity index (χ1) is 14.4. The number of phosphoric ester groups is 1. The molecule has 0 aromatic heterocycles. The van der Waals surface area contributed by atoms with Gasteiger partial charge in [0, 0.05) is 24.8 Å². The second kappa shape index (κ2) is 10.7. The molecule has 0 fully saturated rings. The third kappa shape index (κ3) is 8.01. The lowest BCUT2D eigenvalue weighted by Gasteiger charge is -2.31. The maximum absolute atomic E-state index is 13.3. The van der Waals surface area contributed by atoms with E-state index in [-0.39, 0.29) is 30.3 Å². The number of phosphoric acid groups is 1. The van der Waals surface area contributed by atoms with Crippen molar-refractivity contribution in [1.29, 1.82) is 0 Å². The lowest BCUT2D eigenvalue weighted by Crippen LogP contribution is -2.48. The van der Waals surface area contributed by atoms with Crippen LogP contribution >= 0.6 is 7.82 Å². The fourth-order valence-corrected chi connectivity index (χ4v) is 5.30. The average Bonchev–Trinajstić information content (AvgIpc) is 2.66. The Labute approximate surface area is 183 Å². The van der Waals surface area contributed by atoms with Gasteiger partial charge in [-0.3, -0.25) is 4.52 Å². The number of rotatable bonds is 11. The zero-order chi connectivity index (χ0) is 23.2. The van der Waals surface area contributed by atoms with E-state index in [1.54, 1.807) is 0 Å². The van der Waals surface area contributed by atoms with E-state index in [9.17, 15) is 22.8 Å².